The van der Waals surface area contributed by atoms with Crippen molar-refractivity contribution >= 4 is 5.91 Å². The molecule has 8 heteroatoms. The minimum atomic E-state index is -0.180. The number of rotatable bonds is 4. The van der Waals surface area contributed by atoms with E-state index < -0.39 is 0 Å². The summed E-state index contributed by atoms with van der Waals surface area (Å²) in [5, 5.41) is 4.33. The zero-order chi connectivity index (χ0) is 19.5. The van der Waals surface area contributed by atoms with Gasteiger partial charge < -0.3 is 19.0 Å². The van der Waals surface area contributed by atoms with Crippen molar-refractivity contribution in [1.29, 1.82) is 0 Å². The van der Waals surface area contributed by atoms with E-state index in [-0.39, 0.29) is 18.1 Å². The fourth-order valence-corrected chi connectivity index (χ4v) is 4.18. The predicted molar refractivity (Wildman–Crippen MR) is 104 cm³/mol. The number of amides is 1. The SMILES string of the molecule is CN1CCCN(C[C@@H]2OCCN(C(=O)c3ccco3)[C@H]2c2cnn(C)c2)CC1. The summed E-state index contributed by atoms with van der Waals surface area (Å²) < 4.78 is 13.4. The number of hydrogen-bond donors (Lipinski definition) is 0. The molecule has 1 amide bonds. The van der Waals surface area contributed by atoms with Crippen molar-refractivity contribution in [2.45, 2.75) is 18.6 Å². The molecular formula is C20H29N5O3. The topological polar surface area (TPSA) is 67.0 Å². The molecule has 0 aromatic carbocycles. The van der Waals surface area contributed by atoms with Gasteiger partial charge in [-0.05, 0) is 38.7 Å². The number of aryl methyl sites for hydroxylation is 1. The van der Waals surface area contributed by atoms with Crippen LogP contribution >= 0.6 is 0 Å². The number of carbonyl (C=O) groups excluding carboxylic acids is 1. The molecule has 28 heavy (non-hydrogen) atoms. The number of hydrogen-bond acceptors (Lipinski definition) is 6. The smallest absolute Gasteiger partial charge is 0.290 e. The minimum absolute atomic E-state index is 0.0947. The third-order valence-corrected chi connectivity index (χ3v) is 5.66. The first-order valence-electron chi connectivity index (χ1n) is 9.97. The number of aromatic nitrogens is 2. The zero-order valence-corrected chi connectivity index (χ0v) is 16.7. The molecule has 0 aliphatic carbocycles. The molecule has 0 N–H and O–H groups in total. The number of nitrogens with zero attached hydrogens (tertiary/aromatic N) is 5. The van der Waals surface area contributed by atoms with Crippen LogP contribution in [0.1, 0.15) is 28.6 Å². The minimum Gasteiger partial charge on any atom is -0.459 e. The molecule has 152 valence electrons. The first-order chi connectivity index (χ1) is 13.6. The summed E-state index contributed by atoms with van der Waals surface area (Å²) in [6.45, 7) is 6.12. The summed E-state index contributed by atoms with van der Waals surface area (Å²) in [5.41, 5.74) is 0.999. The lowest BCUT2D eigenvalue weighted by Crippen LogP contribution is -2.52. The van der Waals surface area contributed by atoms with Gasteiger partial charge in [0, 0.05) is 45.0 Å². The quantitative estimate of drug-likeness (QED) is 0.786. The van der Waals surface area contributed by atoms with Crippen LogP contribution in [0.3, 0.4) is 0 Å². The van der Waals surface area contributed by atoms with E-state index in [0.717, 1.165) is 44.7 Å². The highest BCUT2D eigenvalue weighted by Gasteiger charge is 2.39. The van der Waals surface area contributed by atoms with E-state index in [0.29, 0.717) is 18.9 Å². The monoisotopic (exact) mass is 387 g/mol. The predicted octanol–water partition coefficient (Wildman–Crippen LogP) is 1.23. The zero-order valence-electron chi connectivity index (χ0n) is 16.7. The van der Waals surface area contributed by atoms with Gasteiger partial charge in [0.1, 0.15) is 0 Å². The molecule has 0 radical (unpaired) electrons. The molecule has 0 spiro atoms. The Morgan fingerprint density at radius 2 is 2.11 bits per heavy atom. The third kappa shape index (κ3) is 4.14. The van der Waals surface area contributed by atoms with Crippen LogP contribution < -0.4 is 0 Å². The molecule has 2 saturated heterocycles. The first kappa shape index (κ1) is 19.2. The normalized spacial score (nSPS) is 25.0. The highest BCUT2D eigenvalue weighted by Crippen LogP contribution is 2.31. The summed E-state index contributed by atoms with van der Waals surface area (Å²) in [6.07, 6.45) is 6.41. The molecule has 0 unspecified atom stereocenters. The summed E-state index contributed by atoms with van der Waals surface area (Å²) in [5.74, 6) is 0.272. The number of morpholine rings is 1. The Morgan fingerprint density at radius 3 is 2.86 bits per heavy atom. The van der Waals surface area contributed by atoms with Gasteiger partial charge in [0.25, 0.3) is 5.91 Å². The van der Waals surface area contributed by atoms with E-state index in [2.05, 4.69) is 21.9 Å². The molecule has 4 heterocycles. The van der Waals surface area contributed by atoms with Gasteiger partial charge in [-0.2, -0.15) is 5.10 Å². The molecule has 2 aliphatic rings. The summed E-state index contributed by atoms with van der Waals surface area (Å²) in [7, 11) is 4.06. The Hall–Kier alpha value is -2.16. The number of furan rings is 1. The Labute approximate surface area is 165 Å². The van der Waals surface area contributed by atoms with E-state index in [1.165, 1.54) is 6.26 Å². The highest BCUT2D eigenvalue weighted by atomic mass is 16.5. The maximum atomic E-state index is 13.1. The molecule has 2 atom stereocenters. The van der Waals surface area contributed by atoms with Gasteiger partial charge in [0.05, 0.1) is 31.2 Å². The van der Waals surface area contributed by atoms with Gasteiger partial charge in [-0.3, -0.25) is 14.4 Å². The second-order valence-electron chi connectivity index (χ2n) is 7.73. The fraction of sp³-hybridized carbons (Fsp3) is 0.600. The Kier molecular flexibility index (Phi) is 5.79. The fourth-order valence-electron chi connectivity index (χ4n) is 4.18. The van der Waals surface area contributed by atoms with Crippen molar-refractivity contribution in [2.24, 2.45) is 7.05 Å². The van der Waals surface area contributed by atoms with Crippen molar-refractivity contribution in [3.63, 3.8) is 0 Å². The maximum absolute atomic E-state index is 13.1. The first-order valence-corrected chi connectivity index (χ1v) is 9.97. The largest absolute Gasteiger partial charge is 0.459 e. The van der Waals surface area contributed by atoms with Crippen molar-refractivity contribution in [1.82, 2.24) is 24.5 Å². The van der Waals surface area contributed by atoms with Crippen LogP contribution in [0.25, 0.3) is 0 Å². The van der Waals surface area contributed by atoms with Crippen LogP contribution in [-0.4, -0.2) is 89.4 Å². The van der Waals surface area contributed by atoms with Crippen LogP contribution in [0.5, 0.6) is 0 Å². The van der Waals surface area contributed by atoms with E-state index in [1.807, 2.05) is 24.3 Å². The average Bonchev–Trinajstić information content (AvgIpc) is 3.33. The number of ether oxygens (including phenoxy) is 1. The molecule has 2 fully saturated rings. The van der Waals surface area contributed by atoms with E-state index >= 15 is 0 Å². The van der Waals surface area contributed by atoms with E-state index in [4.69, 9.17) is 9.15 Å². The van der Waals surface area contributed by atoms with Crippen LogP contribution in [0.2, 0.25) is 0 Å². The van der Waals surface area contributed by atoms with Gasteiger partial charge in [-0.25, -0.2) is 0 Å². The van der Waals surface area contributed by atoms with Crippen molar-refractivity contribution in [3.05, 3.63) is 42.1 Å². The molecule has 2 aromatic rings. The second kappa shape index (κ2) is 8.46. The molecule has 8 nitrogen and oxygen atoms in total. The van der Waals surface area contributed by atoms with Gasteiger partial charge in [-0.15, -0.1) is 0 Å². The molecule has 0 saturated carbocycles. The highest BCUT2D eigenvalue weighted by molar-refractivity contribution is 5.91. The second-order valence-corrected chi connectivity index (χ2v) is 7.73. The van der Waals surface area contributed by atoms with E-state index in [9.17, 15) is 4.79 Å². The summed E-state index contributed by atoms with van der Waals surface area (Å²) in [4.78, 5) is 19.8. The van der Waals surface area contributed by atoms with Gasteiger partial charge in [0.15, 0.2) is 5.76 Å². The Bertz CT molecular complexity index is 775. The van der Waals surface area contributed by atoms with Crippen LogP contribution in [0, 0.1) is 0 Å². The third-order valence-electron chi connectivity index (χ3n) is 5.66. The van der Waals surface area contributed by atoms with Crippen LogP contribution in [0.15, 0.2) is 35.2 Å². The van der Waals surface area contributed by atoms with Gasteiger partial charge in [-0.1, -0.05) is 0 Å². The lowest BCUT2D eigenvalue weighted by Gasteiger charge is -2.42. The summed E-state index contributed by atoms with van der Waals surface area (Å²) in [6, 6.07) is 3.29. The molecule has 4 rings (SSSR count). The van der Waals surface area contributed by atoms with Crippen molar-refractivity contribution < 1.29 is 13.9 Å². The molecule has 0 bridgehead atoms. The van der Waals surface area contributed by atoms with Gasteiger partial charge >= 0.3 is 0 Å². The lowest BCUT2D eigenvalue weighted by molar-refractivity contribution is -0.0730. The molecule has 2 aliphatic heterocycles. The molecular weight excluding hydrogens is 358 g/mol. The number of carbonyl (C=O) groups is 1. The molecule has 2 aromatic heterocycles. The Balaban J connectivity index is 1.57. The van der Waals surface area contributed by atoms with Gasteiger partial charge in [0.2, 0.25) is 0 Å². The average molecular weight is 387 g/mol. The van der Waals surface area contributed by atoms with Crippen LogP contribution in [0.4, 0.5) is 0 Å². The summed E-state index contributed by atoms with van der Waals surface area (Å²) >= 11 is 0. The standard InChI is InChI=1S/C20H29N5O3/c1-22-6-4-7-24(9-8-22)15-18-19(16-13-21-23(2)14-16)25(10-12-28-18)20(26)17-5-3-11-27-17/h3,5,11,13-14,18-19H,4,6-10,12,15H2,1-2H3/t18-,19-/m0/s1. The van der Waals surface area contributed by atoms with Crippen molar-refractivity contribution in [3.8, 4) is 0 Å². The number of likely N-dealkylation sites (N-methyl/N-ethyl adjacent to an activating group) is 1. The lowest BCUT2D eigenvalue weighted by atomic mass is 9.99. The maximum Gasteiger partial charge on any atom is 0.290 e. The van der Waals surface area contributed by atoms with Crippen molar-refractivity contribution in [2.75, 3.05) is 52.9 Å². The Morgan fingerprint density at radius 1 is 1.21 bits per heavy atom. The van der Waals surface area contributed by atoms with Crippen LogP contribution in [-0.2, 0) is 11.8 Å². The van der Waals surface area contributed by atoms with E-state index in [1.54, 1.807) is 16.8 Å².